The monoisotopic (exact) mass is 418 g/mol. The normalized spacial score (nSPS) is 10.3. The number of imidazole rings is 1. The number of aromatic nitrogens is 2. The molecule has 31 heavy (non-hydrogen) atoms. The maximum absolute atomic E-state index is 12.7. The first kappa shape index (κ1) is 21.5. The summed E-state index contributed by atoms with van der Waals surface area (Å²) in [6.07, 6.45) is 5.25. The van der Waals surface area contributed by atoms with Crippen LogP contribution in [-0.2, 0) is 11.3 Å². The minimum atomic E-state index is -0.459. The number of carbonyl (C=O) groups is 1. The zero-order valence-electron chi connectivity index (χ0n) is 16.8. The maximum atomic E-state index is 12.7. The van der Waals surface area contributed by atoms with Crippen molar-refractivity contribution in [2.45, 2.75) is 19.4 Å². The Morgan fingerprint density at radius 3 is 2.74 bits per heavy atom. The molecule has 9 heteroatoms. The SMILES string of the molecule is N#CCCN(Cc1ccccc1)C(=O)CCNc1ccc(-n2ccnc2)cc1[N+](=O)[O-]. The van der Waals surface area contributed by atoms with Crippen molar-refractivity contribution in [3.05, 3.63) is 82.9 Å². The van der Waals surface area contributed by atoms with Gasteiger partial charge in [0.2, 0.25) is 5.91 Å². The Morgan fingerprint density at radius 2 is 2.06 bits per heavy atom. The molecule has 0 aliphatic heterocycles. The second-order valence-corrected chi connectivity index (χ2v) is 6.81. The molecule has 1 aromatic heterocycles. The van der Waals surface area contributed by atoms with Gasteiger partial charge in [-0.1, -0.05) is 30.3 Å². The number of hydrogen-bond acceptors (Lipinski definition) is 6. The zero-order chi connectivity index (χ0) is 22.1. The van der Waals surface area contributed by atoms with Crippen molar-refractivity contribution >= 4 is 17.3 Å². The molecule has 3 aromatic rings. The van der Waals surface area contributed by atoms with Crippen LogP contribution in [0.4, 0.5) is 11.4 Å². The number of rotatable bonds is 10. The second kappa shape index (κ2) is 10.5. The second-order valence-electron chi connectivity index (χ2n) is 6.81. The van der Waals surface area contributed by atoms with Crippen molar-refractivity contribution in [1.29, 1.82) is 5.26 Å². The quantitative estimate of drug-likeness (QED) is 0.398. The van der Waals surface area contributed by atoms with E-state index in [1.807, 2.05) is 30.3 Å². The van der Waals surface area contributed by atoms with Gasteiger partial charge in [-0.2, -0.15) is 5.26 Å². The van der Waals surface area contributed by atoms with E-state index in [-0.39, 0.29) is 31.0 Å². The highest BCUT2D eigenvalue weighted by Gasteiger charge is 2.17. The Balaban J connectivity index is 1.64. The van der Waals surface area contributed by atoms with Gasteiger partial charge >= 0.3 is 0 Å². The van der Waals surface area contributed by atoms with Gasteiger partial charge in [-0.15, -0.1) is 0 Å². The van der Waals surface area contributed by atoms with E-state index >= 15 is 0 Å². The highest BCUT2D eigenvalue weighted by atomic mass is 16.6. The van der Waals surface area contributed by atoms with E-state index in [4.69, 9.17) is 5.26 Å². The molecule has 0 aliphatic carbocycles. The first-order valence-electron chi connectivity index (χ1n) is 9.78. The van der Waals surface area contributed by atoms with Crippen LogP contribution >= 0.6 is 0 Å². The van der Waals surface area contributed by atoms with Crippen LogP contribution in [0, 0.1) is 21.4 Å². The Labute approximate surface area is 179 Å². The molecule has 3 rings (SSSR count). The molecule has 0 atom stereocenters. The Hall–Kier alpha value is -4.19. The van der Waals surface area contributed by atoms with Crippen molar-refractivity contribution < 1.29 is 9.72 Å². The van der Waals surface area contributed by atoms with Crippen LogP contribution in [0.5, 0.6) is 0 Å². The highest BCUT2D eigenvalue weighted by molar-refractivity contribution is 5.77. The summed E-state index contributed by atoms with van der Waals surface area (Å²) in [7, 11) is 0. The van der Waals surface area contributed by atoms with Crippen LogP contribution in [-0.4, -0.2) is 38.4 Å². The van der Waals surface area contributed by atoms with Crippen molar-refractivity contribution in [2.75, 3.05) is 18.4 Å². The van der Waals surface area contributed by atoms with E-state index in [9.17, 15) is 14.9 Å². The van der Waals surface area contributed by atoms with Gasteiger partial charge in [0.25, 0.3) is 5.69 Å². The lowest BCUT2D eigenvalue weighted by Crippen LogP contribution is -2.32. The van der Waals surface area contributed by atoms with E-state index < -0.39 is 4.92 Å². The molecule has 0 saturated carbocycles. The summed E-state index contributed by atoms with van der Waals surface area (Å²) >= 11 is 0. The Bertz CT molecular complexity index is 1060. The molecule has 1 heterocycles. The van der Waals surface area contributed by atoms with Crippen LogP contribution in [0.2, 0.25) is 0 Å². The standard InChI is InChI=1S/C22H22N6O3/c23-10-4-13-26(16-18-5-2-1-3-6-18)22(29)9-11-25-20-8-7-19(15-21(20)28(30)31)27-14-12-24-17-27/h1-3,5-8,12,14-15,17,25H,4,9,11,13,16H2. The molecule has 0 spiro atoms. The molecule has 1 amide bonds. The number of benzene rings is 2. The molecule has 2 aromatic carbocycles. The summed E-state index contributed by atoms with van der Waals surface area (Å²) in [5.41, 5.74) is 1.86. The summed E-state index contributed by atoms with van der Waals surface area (Å²) < 4.78 is 1.68. The summed E-state index contributed by atoms with van der Waals surface area (Å²) in [6.45, 7) is 0.993. The smallest absolute Gasteiger partial charge is 0.294 e. The average Bonchev–Trinajstić information content (AvgIpc) is 3.32. The molecule has 0 bridgehead atoms. The fraction of sp³-hybridized carbons (Fsp3) is 0.227. The highest BCUT2D eigenvalue weighted by Crippen LogP contribution is 2.27. The largest absolute Gasteiger partial charge is 0.379 e. The summed E-state index contributed by atoms with van der Waals surface area (Å²) in [5.74, 6) is -0.121. The van der Waals surface area contributed by atoms with Gasteiger partial charge < -0.3 is 14.8 Å². The lowest BCUT2D eigenvalue weighted by molar-refractivity contribution is -0.383. The van der Waals surface area contributed by atoms with E-state index in [0.29, 0.717) is 24.5 Å². The number of hydrogen-bond donors (Lipinski definition) is 1. The average molecular weight is 418 g/mol. The Morgan fingerprint density at radius 1 is 1.26 bits per heavy atom. The van der Waals surface area contributed by atoms with Gasteiger partial charge in [-0.05, 0) is 17.7 Å². The molecule has 0 saturated heterocycles. The fourth-order valence-electron chi connectivity index (χ4n) is 3.14. The van der Waals surface area contributed by atoms with E-state index in [2.05, 4.69) is 16.4 Å². The number of nitrogens with zero attached hydrogens (tertiary/aromatic N) is 5. The van der Waals surface area contributed by atoms with Crippen LogP contribution in [0.3, 0.4) is 0 Å². The minimum Gasteiger partial charge on any atom is -0.379 e. The fourth-order valence-corrected chi connectivity index (χ4v) is 3.14. The predicted octanol–water partition coefficient (Wildman–Crippen LogP) is 3.52. The van der Waals surface area contributed by atoms with Crippen LogP contribution in [0.15, 0.2) is 67.3 Å². The molecular formula is C22H22N6O3. The van der Waals surface area contributed by atoms with E-state index in [1.165, 1.54) is 6.07 Å². The van der Waals surface area contributed by atoms with Crippen molar-refractivity contribution in [1.82, 2.24) is 14.5 Å². The van der Waals surface area contributed by atoms with Gasteiger partial charge in [0.1, 0.15) is 5.69 Å². The van der Waals surface area contributed by atoms with Crippen LogP contribution < -0.4 is 5.32 Å². The number of nitrogens with one attached hydrogen (secondary N) is 1. The zero-order valence-corrected chi connectivity index (χ0v) is 16.8. The van der Waals surface area contributed by atoms with Crippen molar-refractivity contribution in [3.63, 3.8) is 0 Å². The molecule has 0 aliphatic rings. The van der Waals surface area contributed by atoms with E-state index in [1.54, 1.807) is 40.3 Å². The summed E-state index contributed by atoms with van der Waals surface area (Å²) in [5, 5.41) is 23.4. The van der Waals surface area contributed by atoms with Gasteiger partial charge in [-0.25, -0.2) is 4.98 Å². The van der Waals surface area contributed by atoms with Gasteiger partial charge in [-0.3, -0.25) is 14.9 Å². The summed E-state index contributed by atoms with van der Waals surface area (Å²) in [4.78, 5) is 29.3. The third-order valence-corrected chi connectivity index (χ3v) is 4.70. The first-order valence-corrected chi connectivity index (χ1v) is 9.78. The number of nitro benzene ring substituents is 1. The van der Waals surface area contributed by atoms with Crippen molar-refractivity contribution in [2.24, 2.45) is 0 Å². The number of amides is 1. The Kier molecular flexibility index (Phi) is 7.32. The lowest BCUT2D eigenvalue weighted by atomic mass is 10.2. The molecule has 0 radical (unpaired) electrons. The lowest BCUT2D eigenvalue weighted by Gasteiger charge is -2.22. The number of nitro groups is 1. The first-order chi connectivity index (χ1) is 15.1. The van der Waals surface area contributed by atoms with Crippen LogP contribution in [0.1, 0.15) is 18.4 Å². The van der Waals surface area contributed by atoms with Crippen molar-refractivity contribution in [3.8, 4) is 11.8 Å². The molecule has 9 nitrogen and oxygen atoms in total. The third-order valence-electron chi connectivity index (χ3n) is 4.70. The molecule has 158 valence electrons. The molecular weight excluding hydrogens is 396 g/mol. The minimum absolute atomic E-state index is 0.0794. The molecule has 0 unspecified atom stereocenters. The number of carbonyl (C=O) groups excluding carboxylic acids is 1. The van der Waals surface area contributed by atoms with E-state index in [0.717, 1.165) is 5.56 Å². The maximum Gasteiger partial charge on any atom is 0.294 e. The van der Waals surface area contributed by atoms with Gasteiger partial charge in [0, 0.05) is 44.5 Å². The third kappa shape index (κ3) is 5.90. The van der Waals surface area contributed by atoms with Gasteiger partial charge in [0.05, 0.1) is 29.4 Å². The number of nitriles is 1. The predicted molar refractivity (Wildman–Crippen MR) is 115 cm³/mol. The summed E-state index contributed by atoms with van der Waals surface area (Å²) in [6, 6.07) is 16.4. The molecule has 0 fully saturated rings. The number of anilines is 1. The van der Waals surface area contributed by atoms with Gasteiger partial charge in [0.15, 0.2) is 0 Å². The van der Waals surface area contributed by atoms with Crippen LogP contribution in [0.25, 0.3) is 5.69 Å². The topological polar surface area (TPSA) is 117 Å². The molecule has 1 N–H and O–H groups in total.